The second kappa shape index (κ2) is 5.21. The largest absolute Gasteiger partial charge is 0.507 e. The van der Waals surface area contributed by atoms with Gasteiger partial charge in [-0.3, -0.25) is 9.69 Å². The zero-order valence-electron chi connectivity index (χ0n) is 11.0. The molecule has 2 aliphatic heterocycles. The Bertz CT molecular complexity index is 490. The van der Waals surface area contributed by atoms with Crippen LogP contribution < -0.4 is 4.74 Å². The van der Waals surface area contributed by atoms with E-state index < -0.39 is 0 Å². The Balaban J connectivity index is 1.86. The summed E-state index contributed by atoms with van der Waals surface area (Å²) in [6.07, 6.45) is 4.97. The van der Waals surface area contributed by atoms with Crippen LogP contribution in [0.3, 0.4) is 0 Å². The summed E-state index contributed by atoms with van der Waals surface area (Å²) in [7, 11) is 0. The molecule has 102 valence electrons. The number of fused-ring (bicyclic) bond motifs is 1. The molecule has 0 saturated carbocycles. The molecule has 1 saturated heterocycles. The number of hydrogen-bond donors (Lipinski definition) is 1. The minimum Gasteiger partial charge on any atom is -0.507 e. The third kappa shape index (κ3) is 2.45. The van der Waals surface area contributed by atoms with Crippen LogP contribution in [0.5, 0.6) is 11.5 Å². The zero-order chi connectivity index (χ0) is 13.2. The van der Waals surface area contributed by atoms with Crippen molar-refractivity contribution in [2.24, 2.45) is 0 Å². The van der Waals surface area contributed by atoms with Crippen LogP contribution in [0.2, 0.25) is 0 Å². The predicted molar refractivity (Wildman–Crippen MR) is 71.7 cm³/mol. The lowest BCUT2D eigenvalue weighted by Gasteiger charge is -2.21. The van der Waals surface area contributed by atoms with Crippen LogP contribution in [0.1, 0.15) is 41.6 Å². The fourth-order valence-corrected chi connectivity index (χ4v) is 2.89. The van der Waals surface area contributed by atoms with E-state index in [0.29, 0.717) is 17.9 Å². The van der Waals surface area contributed by atoms with Crippen LogP contribution in [0.15, 0.2) is 12.1 Å². The topological polar surface area (TPSA) is 49.8 Å². The summed E-state index contributed by atoms with van der Waals surface area (Å²) in [6, 6.07) is 3.27. The molecule has 0 atom stereocenters. The van der Waals surface area contributed by atoms with Gasteiger partial charge in [0.15, 0.2) is 6.61 Å². The molecule has 1 N–H and O–H groups in total. The minimum absolute atomic E-state index is 0.00659. The number of nitrogens with zero attached hydrogens (tertiary/aromatic N) is 1. The van der Waals surface area contributed by atoms with Gasteiger partial charge in [-0.05, 0) is 38.1 Å². The highest BCUT2D eigenvalue weighted by Crippen LogP contribution is 2.36. The molecule has 4 heteroatoms. The van der Waals surface area contributed by atoms with E-state index >= 15 is 0 Å². The van der Waals surface area contributed by atoms with Crippen LogP contribution in [-0.2, 0) is 6.54 Å². The summed E-state index contributed by atoms with van der Waals surface area (Å²) in [4.78, 5) is 14.0. The molecule has 1 fully saturated rings. The number of phenolic OH excluding ortho intramolecular Hbond substituents is 1. The Morgan fingerprint density at radius 3 is 2.63 bits per heavy atom. The number of benzene rings is 1. The van der Waals surface area contributed by atoms with E-state index in [9.17, 15) is 9.90 Å². The lowest BCUT2D eigenvalue weighted by atomic mass is 10.1. The molecule has 4 nitrogen and oxygen atoms in total. The average Bonchev–Trinajstić information content (AvgIpc) is 2.63. The van der Waals surface area contributed by atoms with E-state index in [1.54, 1.807) is 12.1 Å². The fraction of sp³-hybridized carbons (Fsp3) is 0.533. The van der Waals surface area contributed by atoms with Crippen LogP contribution in [0, 0.1) is 0 Å². The second-order valence-electron chi connectivity index (χ2n) is 5.34. The summed E-state index contributed by atoms with van der Waals surface area (Å²) in [5, 5.41) is 10.0. The highest BCUT2D eigenvalue weighted by atomic mass is 16.5. The molecular weight excluding hydrogens is 242 g/mol. The first-order valence-electron chi connectivity index (χ1n) is 6.99. The van der Waals surface area contributed by atoms with Crippen molar-refractivity contribution in [1.82, 2.24) is 4.90 Å². The number of aromatic hydroxyl groups is 1. The first kappa shape index (κ1) is 12.5. The lowest BCUT2D eigenvalue weighted by Crippen LogP contribution is -2.24. The van der Waals surface area contributed by atoms with Crippen molar-refractivity contribution >= 4 is 5.78 Å². The van der Waals surface area contributed by atoms with E-state index in [2.05, 4.69) is 4.90 Å². The first-order chi connectivity index (χ1) is 9.25. The third-order valence-corrected chi connectivity index (χ3v) is 3.96. The molecule has 0 radical (unpaired) electrons. The van der Waals surface area contributed by atoms with Crippen LogP contribution >= 0.6 is 0 Å². The molecule has 0 bridgehead atoms. The van der Waals surface area contributed by atoms with E-state index in [1.165, 1.54) is 25.7 Å². The van der Waals surface area contributed by atoms with Gasteiger partial charge in [-0.15, -0.1) is 0 Å². The Labute approximate surface area is 113 Å². The van der Waals surface area contributed by atoms with Crippen LogP contribution in [0.4, 0.5) is 0 Å². The zero-order valence-corrected chi connectivity index (χ0v) is 11.0. The van der Waals surface area contributed by atoms with Crippen LogP contribution in [-0.4, -0.2) is 35.5 Å². The number of carbonyl (C=O) groups excluding carboxylic acids is 1. The second-order valence-corrected chi connectivity index (χ2v) is 5.34. The SMILES string of the molecule is O=C1COc2c1ccc(O)c2CN1CCCCCC1. The molecule has 3 rings (SSSR count). The van der Waals surface area contributed by atoms with Crippen molar-refractivity contribution in [3.63, 3.8) is 0 Å². The van der Waals surface area contributed by atoms with Gasteiger partial charge in [0.25, 0.3) is 0 Å². The van der Waals surface area contributed by atoms with Gasteiger partial charge in [0.05, 0.1) is 11.1 Å². The molecule has 0 spiro atoms. The maximum Gasteiger partial charge on any atom is 0.203 e. The lowest BCUT2D eigenvalue weighted by molar-refractivity contribution is 0.0960. The van der Waals surface area contributed by atoms with Crippen molar-refractivity contribution in [2.75, 3.05) is 19.7 Å². The molecule has 1 aromatic carbocycles. The normalized spacial score (nSPS) is 19.9. The Kier molecular flexibility index (Phi) is 3.42. The molecule has 0 unspecified atom stereocenters. The Hall–Kier alpha value is -1.55. The van der Waals surface area contributed by atoms with Gasteiger partial charge >= 0.3 is 0 Å². The third-order valence-electron chi connectivity index (χ3n) is 3.96. The highest BCUT2D eigenvalue weighted by Gasteiger charge is 2.27. The quantitative estimate of drug-likeness (QED) is 0.887. The first-order valence-corrected chi connectivity index (χ1v) is 6.99. The molecule has 2 heterocycles. The van der Waals surface area contributed by atoms with E-state index in [0.717, 1.165) is 18.7 Å². The van der Waals surface area contributed by atoms with Crippen molar-refractivity contribution in [2.45, 2.75) is 32.2 Å². The number of ether oxygens (including phenoxy) is 1. The average molecular weight is 261 g/mol. The molecule has 0 aliphatic carbocycles. The van der Waals surface area contributed by atoms with Crippen molar-refractivity contribution in [3.8, 4) is 11.5 Å². The summed E-state index contributed by atoms with van der Waals surface area (Å²) in [5.41, 5.74) is 1.38. The molecule has 0 aromatic heterocycles. The van der Waals surface area contributed by atoms with E-state index in [4.69, 9.17) is 4.74 Å². The summed E-state index contributed by atoms with van der Waals surface area (Å²) in [6.45, 7) is 2.88. The van der Waals surface area contributed by atoms with E-state index in [1.807, 2.05) is 0 Å². The molecule has 2 aliphatic rings. The van der Waals surface area contributed by atoms with Gasteiger partial charge in [-0.1, -0.05) is 12.8 Å². The smallest absolute Gasteiger partial charge is 0.203 e. The highest BCUT2D eigenvalue weighted by molar-refractivity contribution is 6.02. The number of Topliss-reactive ketones (excluding diaryl/α,β-unsaturated/α-hetero) is 1. The van der Waals surface area contributed by atoms with E-state index in [-0.39, 0.29) is 18.1 Å². The van der Waals surface area contributed by atoms with Crippen LogP contribution in [0.25, 0.3) is 0 Å². The number of rotatable bonds is 2. The number of ketones is 1. The van der Waals surface area contributed by atoms with Gasteiger partial charge < -0.3 is 9.84 Å². The van der Waals surface area contributed by atoms with Gasteiger partial charge in [0, 0.05) is 6.54 Å². The fourth-order valence-electron chi connectivity index (χ4n) is 2.89. The van der Waals surface area contributed by atoms with Gasteiger partial charge in [0.2, 0.25) is 5.78 Å². The van der Waals surface area contributed by atoms with Crippen molar-refractivity contribution in [3.05, 3.63) is 23.3 Å². The van der Waals surface area contributed by atoms with Gasteiger partial charge in [-0.25, -0.2) is 0 Å². The standard InChI is InChI=1S/C15H19NO3/c17-13-6-5-11-14(18)10-19-15(11)12(13)9-16-7-3-1-2-4-8-16/h5-6,17H,1-4,7-10H2. The van der Waals surface area contributed by atoms with Crippen molar-refractivity contribution < 1.29 is 14.6 Å². The predicted octanol–water partition coefficient (Wildman–Crippen LogP) is 2.34. The Morgan fingerprint density at radius 2 is 1.89 bits per heavy atom. The molecular formula is C15H19NO3. The maximum atomic E-state index is 11.7. The minimum atomic E-state index is 0.00659. The number of likely N-dealkylation sites (tertiary alicyclic amines) is 1. The van der Waals surface area contributed by atoms with Gasteiger partial charge in [0.1, 0.15) is 11.5 Å². The molecule has 19 heavy (non-hydrogen) atoms. The maximum absolute atomic E-state index is 11.7. The Morgan fingerprint density at radius 1 is 1.16 bits per heavy atom. The monoisotopic (exact) mass is 261 g/mol. The molecule has 1 aromatic rings. The summed E-state index contributed by atoms with van der Waals surface area (Å²) >= 11 is 0. The van der Waals surface area contributed by atoms with Gasteiger partial charge in [-0.2, -0.15) is 0 Å². The number of hydrogen-bond acceptors (Lipinski definition) is 4. The number of phenols is 1. The van der Waals surface area contributed by atoms with Crippen molar-refractivity contribution in [1.29, 1.82) is 0 Å². The summed E-state index contributed by atoms with van der Waals surface area (Å²) in [5.74, 6) is 0.832. The molecule has 0 amide bonds. The number of carbonyl (C=O) groups is 1. The summed E-state index contributed by atoms with van der Waals surface area (Å²) < 4.78 is 5.46.